The van der Waals surface area contributed by atoms with Gasteiger partial charge in [-0.2, -0.15) is 0 Å². The average Bonchev–Trinajstić information content (AvgIpc) is 2.40. The van der Waals surface area contributed by atoms with Crippen LogP contribution >= 0.6 is 27.7 Å². The minimum Gasteiger partial charge on any atom is -0.478 e. The number of benzene rings is 2. The van der Waals surface area contributed by atoms with E-state index in [1.54, 1.807) is 0 Å². The summed E-state index contributed by atoms with van der Waals surface area (Å²) in [5.41, 5.74) is -0.264. The van der Waals surface area contributed by atoms with E-state index in [4.69, 9.17) is 5.11 Å². The van der Waals surface area contributed by atoms with Crippen LogP contribution in [0, 0.1) is 15.9 Å². The Hall–Kier alpha value is -1.93. The number of carbonyl (C=O) groups is 1. The van der Waals surface area contributed by atoms with Crippen LogP contribution in [0.4, 0.5) is 10.1 Å². The summed E-state index contributed by atoms with van der Waals surface area (Å²) in [5, 5.41) is 19.9. The smallest absolute Gasteiger partial charge is 0.335 e. The number of carboxylic acid groups (broad SMARTS) is 1. The quantitative estimate of drug-likeness (QED) is 0.638. The van der Waals surface area contributed by atoms with Crippen LogP contribution < -0.4 is 0 Å². The molecule has 8 heteroatoms. The highest BCUT2D eigenvalue weighted by Crippen LogP contribution is 2.38. The standard InChI is InChI=1S/C13H7BrFNO4S/c14-8-2-4-10(16(19)20)12(6-8)21-11-5-7(13(17)18)1-3-9(11)15/h1-6H,(H,17,18). The van der Waals surface area contributed by atoms with Crippen molar-refractivity contribution in [3.05, 3.63) is 62.4 Å². The van der Waals surface area contributed by atoms with Gasteiger partial charge in [0.1, 0.15) is 5.82 Å². The van der Waals surface area contributed by atoms with Crippen molar-refractivity contribution in [3.63, 3.8) is 0 Å². The first-order valence-electron chi connectivity index (χ1n) is 5.53. The highest BCUT2D eigenvalue weighted by Gasteiger charge is 2.17. The second-order valence-electron chi connectivity index (χ2n) is 3.92. The first-order valence-corrected chi connectivity index (χ1v) is 7.14. The largest absolute Gasteiger partial charge is 0.478 e. The Morgan fingerprint density at radius 3 is 2.57 bits per heavy atom. The molecule has 0 aromatic heterocycles. The summed E-state index contributed by atoms with van der Waals surface area (Å²) in [6.07, 6.45) is 0. The average molecular weight is 372 g/mol. The highest BCUT2D eigenvalue weighted by molar-refractivity contribution is 9.10. The Kier molecular flexibility index (Phi) is 4.59. The van der Waals surface area contributed by atoms with E-state index in [0.717, 1.165) is 30.0 Å². The number of rotatable bonds is 4. The lowest BCUT2D eigenvalue weighted by Gasteiger charge is -2.06. The zero-order chi connectivity index (χ0) is 15.6. The van der Waals surface area contributed by atoms with Gasteiger partial charge in [-0.3, -0.25) is 10.1 Å². The van der Waals surface area contributed by atoms with Crippen molar-refractivity contribution in [2.24, 2.45) is 0 Å². The molecule has 0 spiro atoms. The lowest BCUT2D eigenvalue weighted by atomic mass is 10.2. The fourth-order valence-electron chi connectivity index (χ4n) is 1.55. The van der Waals surface area contributed by atoms with Crippen molar-refractivity contribution in [2.45, 2.75) is 9.79 Å². The molecule has 1 N–H and O–H groups in total. The summed E-state index contributed by atoms with van der Waals surface area (Å²) in [7, 11) is 0. The Balaban J connectivity index is 2.47. The molecule has 0 amide bonds. The first kappa shape index (κ1) is 15.5. The van der Waals surface area contributed by atoms with E-state index in [-0.39, 0.29) is 21.0 Å². The number of aromatic carboxylic acids is 1. The number of nitrogens with zero attached hydrogens (tertiary/aromatic N) is 1. The molecule has 0 heterocycles. The molecular weight excluding hydrogens is 365 g/mol. The molecule has 0 bridgehead atoms. The monoisotopic (exact) mass is 371 g/mol. The van der Waals surface area contributed by atoms with E-state index in [1.165, 1.54) is 18.2 Å². The number of halogens is 2. The first-order chi connectivity index (χ1) is 9.88. The Labute approximate surface area is 131 Å². The Bertz CT molecular complexity index is 738. The Morgan fingerprint density at radius 2 is 1.95 bits per heavy atom. The zero-order valence-electron chi connectivity index (χ0n) is 10.2. The van der Waals surface area contributed by atoms with E-state index in [9.17, 15) is 19.3 Å². The van der Waals surface area contributed by atoms with Gasteiger partial charge < -0.3 is 5.11 Å². The van der Waals surface area contributed by atoms with Gasteiger partial charge in [0.2, 0.25) is 0 Å². The zero-order valence-corrected chi connectivity index (χ0v) is 12.6. The molecule has 5 nitrogen and oxygen atoms in total. The second kappa shape index (κ2) is 6.23. The fourth-order valence-corrected chi connectivity index (χ4v) is 3.09. The van der Waals surface area contributed by atoms with Crippen molar-refractivity contribution >= 4 is 39.3 Å². The van der Waals surface area contributed by atoms with Crippen molar-refractivity contribution in [2.75, 3.05) is 0 Å². The normalized spacial score (nSPS) is 10.4. The third-order valence-electron chi connectivity index (χ3n) is 2.52. The van der Waals surface area contributed by atoms with Gasteiger partial charge in [0.25, 0.3) is 5.69 Å². The predicted octanol–water partition coefficient (Wildman–Crippen LogP) is 4.35. The van der Waals surface area contributed by atoms with E-state index >= 15 is 0 Å². The third-order valence-corrected chi connectivity index (χ3v) is 4.09. The maximum Gasteiger partial charge on any atom is 0.335 e. The van der Waals surface area contributed by atoms with E-state index < -0.39 is 16.7 Å². The third kappa shape index (κ3) is 3.59. The number of carboxylic acids is 1. The molecule has 0 aliphatic rings. The molecular formula is C13H7BrFNO4S. The lowest BCUT2D eigenvalue weighted by molar-refractivity contribution is -0.387. The molecule has 2 aromatic carbocycles. The SMILES string of the molecule is O=C(O)c1ccc(F)c(Sc2cc(Br)ccc2[N+](=O)[O-])c1. The predicted molar refractivity (Wildman–Crippen MR) is 78.3 cm³/mol. The van der Waals surface area contributed by atoms with Crippen LogP contribution in [0.2, 0.25) is 0 Å². The van der Waals surface area contributed by atoms with E-state index in [2.05, 4.69) is 15.9 Å². The molecule has 0 radical (unpaired) electrons. The van der Waals surface area contributed by atoms with Gasteiger partial charge in [-0.15, -0.1) is 0 Å². The summed E-state index contributed by atoms with van der Waals surface area (Å²) in [5.74, 6) is -1.83. The summed E-state index contributed by atoms with van der Waals surface area (Å²) in [4.78, 5) is 21.5. The van der Waals surface area contributed by atoms with Crippen LogP contribution in [0.5, 0.6) is 0 Å². The van der Waals surface area contributed by atoms with Crippen LogP contribution in [-0.2, 0) is 0 Å². The highest BCUT2D eigenvalue weighted by atomic mass is 79.9. The molecule has 0 saturated carbocycles. The maximum atomic E-state index is 13.8. The van der Waals surface area contributed by atoms with Gasteiger partial charge in [-0.25, -0.2) is 9.18 Å². The van der Waals surface area contributed by atoms with Gasteiger partial charge in [-0.05, 0) is 30.3 Å². The molecule has 2 rings (SSSR count). The van der Waals surface area contributed by atoms with Crippen LogP contribution in [-0.4, -0.2) is 16.0 Å². The maximum absolute atomic E-state index is 13.8. The molecule has 108 valence electrons. The van der Waals surface area contributed by atoms with Gasteiger partial charge in [0.05, 0.1) is 15.4 Å². The van der Waals surface area contributed by atoms with Crippen LogP contribution in [0.25, 0.3) is 0 Å². The summed E-state index contributed by atoms with van der Waals surface area (Å²) >= 11 is 4.00. The lowest BCUT2D eigenvalue weighted by Crippen LogP contribution is -1.97. The minimum atomic E-state index is -1.19. The molecule has 0 saturated heterocycles. The van der Waals surface area contributed by atoms with Gasteiger partial charge in [-0.1, -0.05) is 27.7 Å². The van der Waals surface area contributed by atoms with Crippen molar-refractivity contribution < 1.29 is 19.2 Å². The van der Waals surface area contributed by atoms with Crippen molar-refractivity contribution in [1.82, 2.24) is 0 Å². The Morgan fingerprint density at radius 1 is 1.24 bits per heavy atom. The number of nitro groups is 1. The summed E-state index contributed by atoms with van der Waals surface area (Å²) in [6.45, 7) is 0. The van der Waals surface area contributed by atoms with Gasteiger partial charge >= 0.3 is 5.97 Å². The van der Waals surface area contributed by atoms with Gasteiger partial charge in [0.15, 0.2) is 0 Å². The van der Waals surface area contributed by atoms with E-state index in [0.29, 0.717) is 4.47 Å². The molecule has 0 aliphatic carbocycles. The van der Waals surface area contributed by atoms with Gasteiger partial charge in [0, 0.05) is 15.4 Å². The van der Waals surface area contributed by atoms with Crippen molar-refractivity contribution in [3.8, 4) is 0 Å². The van der Waals surface area contributed by atoms with Crippen LogP contribution in [0.1, 0.15) is 10.4 Å². The molecule has 0 aliphatic heterocycles. The number of hydrogen-bond donors (Lipinski definition) is 1. The second-order valence-corrected chi connectivity index (χ2v) is 5.92. The van der Waals surface area contributed by atoms with E-state index in [1.807, 2.05) is 0 Å². The topological polar surface area (TPSA) is 80.4 Å². The van der Waals surface area contributed by atoms with Crippen LogP contribution in [0.15, 0.2) is 50.7 Å². The molecule has 0 atom stereocenters. The van der Waals surface area contributed by atoms with Crippen LogP contribution in [0.3, 0.4) is 0 Å². The molecule has 0 fully saturated rings. The van der Waals surface area contributed by atoms with Crippen molar-refractivity contribution in [1.29, 1.82) is 0 Å². The fraction of sp³-hybridized carbons (Fsp3) is 0. The molecule has 21 heavy (non-hydrogen) atoms. The minimum absolute atomic E-state index is 0.0103. The number of hydrogen-bond acceptors (Lipinski definition) is 4. The number of nitro benzene ring substituents is 1. The summed E-state index contributed by atoms with van der Waals surface area (Å²) < 4.78 is 14.4. The molecule has 2 aromatic rings. The summed E-state index contributed by atoms with van der Waals surface area (Å²) in [6, 6.07) is 7.59. The molecule has 0 unspecified atom stereocenters.